The monoisotopic (exact) mass is 398 g/mol. The summed E-state index contributed by atoms with van der Waals surface area (Å²) in [7, 11) is 0. The Morgan fingerprint density at radius 1 is 1.05 bits per heavy atom. The molecule has 0 aliphatic heterocycles. The van der Waals surface area contributed by atoms with Crippen LogP contribution in [0.15, 0.2) is 46.9 Å². The standard InChI is InChI=1S/C17H17Br2F/c1-2-3-4-12-5-7-13(8-6-12)17(19)14-9-15(18)11-16(20)10-14/h5-11,17H,2-4H2,1H3. The van der Waals surface area contributed by atoms with Crippen LogP contribution in [0.1, 0.15) is 41.3 Å². The highest BCUT2D eigenvalue weighted by molar-refractivity contribution is 9.10. The van der Waals surface area contributed by atoms with Crippen LogP contribution in [0.2, 0.25) is 0 Å². The van der Waals surface area contributed by atoms with Gasteiger partial charge in [0.1, 0.15) is 5.82 Å². The molecule has 3 heteroatoms. The lowest BCUT2D eigenvalue weighted by molar-refractivity contribution is 0.625. The quantitative estimate of drug-likeness (QED) is 0.509. The molecule has 0 nitrogen and oxygen atoms in total. The molecule has 0 saturated heterocycles. The molecule has 0 aliphatic rings. The Morgan fingerprint density at radius 3 is 2.35 bits per heavy atom. The SMILES string of the molecule is CCCCc1ccc(C(Br)c2cc(F)cc(Br)c2)cc1. The molecule has 0 aromatic heterocycles. The lowest BCUT2D eigenvalue weighted by Gasteiger charge is -2.12. The zero-order valence-corrected chi connectivity index (χ0v) is 14.5. The van der Waals surface area contributed by atoms with E-state index in [0.29, 0.717) is 0 Å². The summed E-state index contributed by atoms with van der Waals surface area (Å²) < 4.78 is 14.2. The fourth-order valence-corrected chi connectivity index (χ4v) is 3.20. The van der Waals surface area contributed by atoms with E-state index in [4.69, 9.17) is 0 Å². The van der Waals surface area contributed by atoms with E-state index in [2.05, 4.69) is 63.0 Å². The van der Waals surface area contributed by atoms with Gasteiger partial charge in [-0.05, 0) is 47.7 Å². The third-order valence-corrected chi connectivity index (χ3v) is 4.78. The summed E-state index contributed by atoms with van der Waals surface area (Å²) in [6, 6.07) is 13.5. The second-order valence-corrected chi connectivity index (χ2v) is 6.74. The van der Waals surface area contributed by atoms with Gasteiger partial charge in [0.25, 0.3) is 0 Å². The van der Waals surface area contributed by atoms with Gasteiger partial charge in [0.05, 0.1) is 4.83 Å². The minimum atomic E-state index is -0.224. The smallest absolute Gasteiger partial charge is 0.124 e. The van der Waals surface area contributed by atoms with E-state index in [0.717, 1.165) is 22.0 Å². The van der Waals surface area contributed by atoms with Crippen LogP contribution in [-0.2, 0) is 6.42 Å². The van der Waals surface area contributed by atoms with Crippen LogP contribution < -0.4 is 0 Å². The van der Waals surface area contributed by atoms with Crippen LogP contribution in [0.25, 0.3) is 0 Å². The van der Waals surface area contributed by atoms with Gasteiger partial charge in [0.2, 0.25) is 0 Å². The Bertz CT molecular complexity index is 543. The molecular weight excluding hydrogens is 383 g/mol. The van der Waals surface area contributed by atoms with Crippen molar-refractivity contribution in [1.82, 2.24) is 0 Å². The first-order chi connectivity index (χ1) is 9.60. The van der Waals surface area contributed by atoms with Crippen molar-refractivity contribution in [3.8, 4) is 0 Å². The largest absolute Gasteiger partial charge is 0.207 e. The fraction of sp³-hybridized carbons (Fsp3) is 0.294. The van der Waals surface area contributed by atoms with Crippen molar-refractivity contribution in [3.05, 3.63) is 69.4 Å². The first-order valence-corrected chi connectivity index (χ1v) is 8.50. The van der Waals surface area contributed by atoms with Crippen molar-refractivity contribution >= 4 is 31.9 Å². The third-order valence-electron chi connectivity index (χ3n) is 3.27. The van der Waals surface area contributed by atoms with Crippen LogP contribution in [-0.4, -0.2) is 0 Å². The molecule has 0 saturated carbocycles. The number of alkyl halides is 1. The van der Waals surface area contributed by atoms with Gasteiger partial charge in [0.15, 0.2) is 0 Å². The van der Waals surface area contributed by atoms with Gasteiger partial charge in [-0.1, -0.05) is 69.5 Å². The second-order valence-electron chi connectivity index (χ2n) is 4.91. The van der Waals surface area contributed by atoms with Crippen LogP contribution in [0.3, 0.4) is 0 Å². The summed E-state index contributed by atoms with van der Waals surface area (Å²) in [6.45, 7) is 2.20. The van der Waals surface area contributed by atoms with E-state index in [1.807, 2.05) is 6.07 Å². The molecule has 0 amide bonds. The van der Waals surface area contributed by atoms with Gasteiger partial charge in [-0.15, -0.1) is 0 Å². The average molecular weight is 400 g/mol. The van der Waals surface area contributed by atoms with Gasteiger partial charge in [-0.3, -0.25) is 0 Å². The van der Waals surface area contributed by atoms with Gasteiger partial charge in [-0.25, -0.2) is 4.39 Å². The van der Waals surface area contributed by atoms with E-state index in [-0.39, 0.29) is 10.6 Å². The van der Waals surface area contributed by atoms with Crippen molar-refractivity contribution in [2.45, 2.75) is 31.0 Å². The zero-order valence-electron chi connectivity index (χ0n) is 11.4. The van der Waals surface area contributed by atoms with Gasteiger partial charge in [0, 0.05) is 4.47 Å². The molecule has 0 fully saturated rings. The molecule has 1 unspecified atom stereocenters. The summed E-state index contributed by atoms with van der Waals surface area (Å²) in [5.74, 6) is -0.224. The van der Waals surface area contributed by atoms with Crippen molar-refractivity contribution in [2.75, 3.05) is 0 Å². The Morgan fingerprint density at radius 2 is 1.75 bits per heavy atom. The van der Waals surface area contributed by atoms with Crippen LogP contribution in [0.5, 0.6) is 0 Å². The minimum absolute atomic E-state index is 0.00900. The number of unbranched alkanes of at least 4 members (excludes halogenated alkanes) is 1. The number of hydrogen-bond donors (Lipinski definition) is 0. The Labute approximate surface area is 136 Å². The van der Waals surface area contributed by atoms with E-state index >= 15 is 0 Å². The summed E-state index contributed by atoms with van der Waals surface area (Å²) in [5.41, 5.74) is 3.41. The summed E-state index contributed by atoms with van der Waals surface area (Å²) in [4.78, 5) is 0.00900. The minimum Gasteiger partial charge on any atom is -0.207 e. The number of benzene rings is 2. The highest BCUT2D eigenvalue weighted by Gasteiger charge is 2.12. The fourth-order valence-electron chi connectivity index (χ4n) is 2.15. The number of hydrogen-bond acceptors (Lipinski definition) is 0. The Hall–Kier alpha value is -0.670. The van der Waals surface area contributed by atoms with Crippen LogP contribution in [0.4, 0.5) is 4.39 Å². The summed E-state index contributed by atoms with van der Waals surface area (Å²) in [5, 5.41) is 0. The molecular formula is C17H17Br2F. The molecule has 0 N–H and O–H groups in total. The maximum atomic E-state index is 13.5. The van der Waals surface area contributed by atoms with Crippen molar-refractivity contribution in [2.24, 2.45) is 0 Å². The maximum absolute atomic E-state index is 13.5. The molecule has 2 aromatic rings. The normalized spacial score (nSPS) is 12.4. The average Bonchev–Trinajstić information content (AvgIpc) is 2.44. The van der Waals surface area contributed by atoms with Gasteiger partial charge in [-0.2, -0.15) is 0 Å². The van der Waals surface area contributed by atoms with Crippen LogP contribution >= 0.6 is 31.9 Å². The van der Waals surface area contributed by atoms with E-state index in [1.54, 1.807) is 6.07 Å². The lowest BCUT2D eigenvalue weighted by Crippen LogP contribution is -1.95. The topological polar surface area (TPSA) is 0 Å². The number of halogens is 3. The first-order valence-electron chi connectivity index (χ1n) is 6.79. The molecule has 2 aromatic carbocycles. The molecule has 0 spiro atoms. The van der Waals surface area contributed by atoms with E-state index < -0.39 is 0 Å². The molecule has 0 aliphatic carbocycles. The van der Waals surface area contributed by atoms with E-state index in [9.17, 15) is 4.39 Å². The Balaban J connectivity index is 2.17. The third kappa shape index (κ3) is 4.16. The highest BCUT2D eigenvalue weighted by atomic mass is 79.9. The lowest BCUT2D eigenvalue weighted by atomic mass is 10.0. The molecule has 0 heterocycles. The Kier molecular flexibility index (Phi) is 5.79. The summed E-state index contributed by atoms with van der Waals surface area (Å²) in [6.07, 6.45) is 3.54. The second kappa shape index (κ2) is 7.37. The van der Waals surface area contributed by atoms with Crippen LogP contribution in [0, 0.1) is 5.82 Å². The molecule has 0 bridgehead atoms. The van der Waals surface area contributed by atoms with E-state index in [1.165, 1.54) is 24.5 Å². The zero-order chi connectivity index (χ0) is 14.5. The maximum Gasteiger partial charge on any atom is 0.124 e. The summed E-state index contributed by atoms with van der Waals surface area (Å²) >= 11 is 6.99. The van der Waals surface area contributed by atoms with Crippen molar-refractivity contribution < 1.29 is 4.39 Å². The predicted molar refractivity (Wildman–Crippen MR) is 89.9 cm³/mol. The predicted octanol–water partition coefficient (Wildman–Crippen LogP) is 6.42. The van der Waals surface area contributed by atoms with Gasteiger partial charge >= 0.3 is 0 Å². The number of rotatable bonds is 5. The molecule has 1 atom stereocenters. The molecule has 20 heavy (non-hydrogen) atoms. The van der Waals surface area contributed by atoms with Crippen molar-refractivity contribution in [1.29, 1.82) is 0 Å². The highest BCUT2D eigenvalue weighted by Crippen LogP contribution is 2.33. The molecule has 0 radical (unpaired) electrons. The number of aryl methyl sites for hydroxylation is 1. The molecule has 106 valence electrons. The van der Waals surface area contributed by atoms with Gasteiger partial charge < -0.3 is 0 Å². The van der Waals surface area contributed by atoms with Crippen molar-refractivity contribution in [3.63, 3.8) is 0 Å². The first kappa shape index (κ1) is 15.7. The molecule has 2 rings (SSSR count).